The minimum absolute atomic E-state index is 0.115. The molecular formula is C21H27N3O3. The fraction of sp³-hybridized carbons (Fsp3) is 0.524. The third kappa shape index (κ3) is 2.83. The molecule has 1 fully saturated rings. The van der Waals surface area contributed by atoms with E-state index in [0.29, 0.717) is 6.42 Å². The number of benzene rings is 1. The zero-order chi connectivity index (χ0) is 19.0. The molecule has 2 N–H and O–H groups in total. The quantitative estimate of drug-likeness (QED) is 0.373. The van der Waals surface area contributed by atoms with Crippen LogP contribution in [0.1, 0.15) is 49.9 Å². The van der Waals surface area contributed by atoms with Gasteiger partial charge >= 0.3 is 5.97 Å². The van der Waals surface area contributed by atoms with Gasteiger partial charge in [0.2, 0.25) is 0 Å². The number of aromatic amines is 1. The molecule has 0 bridgehead atoms. The van der Waals surface area contributed by atoms with Gasteiger partial charge in [-0.2, -0.15) is 0 Å². The molecule has 0 saturated carbocycles. The molecule has 4 rings (SSSR count). The zero-order valence-corrected chi connectivity index (χ0v) is 16.0. The molecule has 1 aromatic carbocycles. The highest BCUT2D eigenvalue weighted by molar-refractivity contribution is 6.36. The van der Waals surface area contributed by atoms with E-state index in [9.17, 15) is 10.0 Å². The van der Waals surface area contributed by atoms with Crippen molar-refractivity contribution in [3.05, 3.63) is 35.5 Å². The maximum Gasteiger partial charge on any atom is 0.355 e. The van der Waals surface area contributed by atoms with E-state index in [1.165, 1.54) is 29.3 Å². The first-order chi connectivity index (χ1) is 13.1. The topological polar surface area (TPSA) is 77.9 Å². The summed E-state index contributed by atoms with van der Waals surface area (Å²) in [5, 5.41) is 14.0. The van der Waals surface area contributed by atoms with E-state index in [1.807, 2.05) is 0 Å². The van der Waals surface area contributed by atoms with Crippen molar-refractivity contribution in [2.45, 2.75) is 45.1 Å². The third-order valence-electron chi connectivity index (χ3n) is 6.60. The number of nitrogens with zero attached hydrogens (tertiary/aromatic N) is 2. The number of carbonyl (C=O) groups is 1. The number of hydrogen-bond acceptors (Lipinski definition) is 5. The predicted molar refractivity (Wildman–Crippen MR) is 104 cm³/mol. The maximum absolute atomic E-state index is 12.1. The average Bonchev–Trinajstić information content (AvgIpc) is 3.10. The number of carbonyl (C=O) groups excluding carboxylic acids is 1. The Kier molecular flexibility index (Phi) is 4.68. The largest absolute Gasteiger partial charge is 0.464 e. The molecule has 0 amide bonds. The Morgan fingerprint density at radius 1 is 1.41 bits per heavy atom. The lowest BCUT2D eigenvalue weighted by molar-refractivity contribution is -0.133. The van der Waals surface area contributed by atoms with Crippen LogP contribution in [0, 0.1) is 5.41 Å². The highest BCUT2D eigenvalue weighted by Gasteiger charge is 2.48. The van der Waals surface area contributed by atoms with Gasteiger partial charge in [0.15, 0.2) is 5.71 Å². The van der Waals surface area contributed by atoms with E-state index in [4.69, 9.17) is 4.74 Å². The highest BCUT2D eigenvalue weighted by Crippen LogP contribution is 2.53. The molecule has 2 aliphatic heterocycles. The van der Waals surface area contributed by atoms with Gasteiger partial charge in [0, 0.05) is 29.6 Å². The first-order valence-electron chi connectivity index (χ1n) is 9.76. The van der Waals surface area contributed by atoms with E-state index in [0.717, 1.165) is 38.8 Å². The smallest absolute Gasteiger partial charge is 0.355 e. The van der Waals surface area contributed by atoms with Crippen LogP contribution in [0.4, 0.5) is 0 Å². The van der Waals surface area contributed by atoms with Gasteiger partial charge in [-0.25, -0.2) is 4.79 Å². The molecule has 1 aromatic heterocycles. The number of H-pyrrole nitrogens is 1. The van der Waals surface area contributed by atoms with Crippen molar-refractivity contribution in [3.8, 4) is 0 Å². The van der Waals surface area contributed by atoms with Crippen LogP contribution in [-0.2, 0) is 16.0 Å². The lowest BCUT2D eigenvalue weighted by Crippen LogP contribution is -2.50. The molecule has 6 nitrogen and oxygen atoms in total. The monoisotopic (exact) mass is 369 g/mol. The summed E-state index contributed by atoms with van der Waals surface area (Å²) >= 11 is 0. The van der Waals surface area contributed by atoms with E-state index < -0.39 is 5.97 Å². The number of ether oxygens (including phenoxy) is 1. The number of oxime groups is 1. The summed E-state index contributed by atoms with van der Waals surface area (Å²) in [4.78, 5) is 18.3. The van der Waals surface area contributed by atoms with Crippen molar-refractivity contribution in [1.82, 2.24) is 9.88 Å². The highest BCUT2D eigenvalue weighted by atomic mass is 16.5. The van der Waals surface area contributed by atoms with Gasteiger partial charge in [-0.1, -0.05) is 30.3 Å². The van der Waals surface area contributed by atoms with Crippen LogP contribution in [0.3, 0.4) is 0 Å². The number of fused-ring (bicyclic) bond motifs is 5. The van der Waals surface area contributed by atoms with Gasteiger partial charge < -0.3 is 14.9 Å². The third-order valence-corrected chi connectivity index (χ3v) is 6.60. The number of para-hydroxylation sites is 1. The zero-order valence-electron chi connectivity index (χ0n) is 16.0. The molecule has 0 spiro atoms. The summed E-state index contributed by atoms with van der Waals surface area (Å²) in [6, 6.07) is 8.65. The molecule has 6 heteroatoms. The van der Waals surface area contributed by atoms with Crippen molar-refractivity contribution in [3.63, 3.8) is 0 Å². The Morgan fingerprint density at radius 2 is 2.22 bits per heavy atom. The van der Waals surface area contributed by atoms with Gasteiger partial charge in [-0.3, -0.25) is 4.90 Å². The molecule has 0 unspecified atom stereocenters. The first kappa shape index (κ1) is 18.0. The molecule has 27 heavy (non-hydrogen) atoms. The van der Waals surface area contributed by atoms with Gasteiger partial charge in [0.25, 0.3) is 0 Å². The first-order valence-corrected chi connectivity index (χ1v) is 9.76. The average molecular weight is 369 g/mol. The number of aromatic nitrogens is 1. The number of methoxy groups -OCH3 is 1. The van der Waals surface area contributed by atoms with Crippen molar-refractivity contribution >= 4 is 22.6 Å². The lowest BCUT2D eigenvalue weighted by atomic mass is 9.65. The molecule has 3 heterocycles. The van der Waals surface area contributed by atoms with Crippen molar-refractivity contribution in [2.24, 2.45) is 10.6 Å². The predicted octanol–water partition coefficient (Wildman–Crippen LogP) is 3.65. The minimum atomic E-state index is -0.546. The molecule has 0 radical (unpaired) electrons. The number of piperidine rings is 1. The summed E-state index contributed by atoms with van der Waals surface area (Å²) in [7, 11) is 1.33. The molecule has 0 aliphatic carbocycles. The Morgan fingerprint density at radius 3 is 2.96 bits per heavy atom. The van der Waals surface area contributed by atoms with Crippen molar-refractivity contribution in [2.75, 3.05) is 20.2 Å². The SMILES string of the molecule is CC[C@@]1(C/C(=N\O)C(=O)OC)CCCN2CCc3c([nH]c4ccccc34)[C@@H]21. The molecule has 1 saturated heterocycles. The molecule has 144 valence electrons. The Labute approximate surface area is 159 Å². The van der Waals surface area contributed by atoms with E-state index >= 15 is 0 Å². The van der Waals surface area contributed by atoms with Gasteiger partial charge in [-0.15, -0.1) is 0 Å². The van der Waals surface area contributed by atoms with Crippen LogP contribution in [0.5, 0.6) is 0 Å². The summed E-state index contributed by atoms with van der Waals surface area (Å²) in [6.45, 7) is 4.25. The minimum Gasteiger partial charge on any atom is -0.464 e. The van der Waals surface area contributed by atoms with Gasteiger partial charge in [-0.05, 0) is 49.3 Å². The van der Waals surface area contributed by atoms with Crippen LogP contribution in [-0.4, -0.2) is 47.0 Å². The summed E-state index contributed by atoms with van der Waals surface area (Å²) in [5.41, 5.74) is 3.79. The Balaban J connectivity index is 1.81. The van der Waals surface area contributed by atoms with E-state index in [2.05, 4.69) is 46.2 Å². The summed E-state index contributed by atoms with van der Waals surface area (Å²) in [6.07, 6.45) is 4.44. The second kappa shape index (κ2) is 7.00. The van der Waals surface area contributed by atoms with Crippen molar-refractivity contribution < 1.29 is 14.7 Å². The lowest BCUT2D eigenvalue weighted by Gasteiger charge is -2.52. The van der Waals surface area contributed by atoms with Crippen LogP contribution >= 0.6 is 0 Å². The van der Waals surface area contributed by atoms with Gasteiger partial charge in [0.1, 0.15) is 0 Å². The number of rotatable bonds is 4. The van der Waals surface area contributed by atoms with Crippen LogP contribution < -0.4 is 0 Å². The van der Waals surface area contributed by atoms with E-state index in [1.54, 1.807) is 0 Å². The van der Waals surface area contributed by atoms with E-state index in [-0.39, 0.29) is 17.2 Å². The molecule has 2 atom stereocenters. The number of nitrogens with one attached hydrogen (secondary N) is 1. The Bertz CT molecular complexity index is 888. The van der Waals surface area contributed by atoms with Crippen LogP contribution in [0.15, 0.2) is 29.4 Å². The molecule has 2 aliphatic rings. The van der Waals surface area contributed by atoms with Crippen molar-refractivity contribution in [1.29, 1.82) is 0 Å². The maximum atomic E-state index is 12.1. The van der Waals surface area contributed by atoms with Crippen LogP contribution in [0.2, 0.25) is 0 Å². The molecular weight excluding hydrogens is 342 g/mol. The normalized spacial score (nSPS) is 25.9. The fourth-order valence-electron chi connectivity index (χ4n) is 5.28. The number of hydrogen-bond donors (Lipinski definition) is 2. The number of esters is 1. The van der Waals surface area contributed by atoms with Gasteiger partial charge in [0.05, 0.1) is 13.2 Å². The fourth-order valence-corrected chi connectivity index (χ4v) is 5.28. The second-order valence-electron chi connectivity index (χ2n) is 7.79. The summed E-state index contributed by atoms with van der Waals surface area (Å²) < 4.78 is 4.84. The summed E-state index contributed by atoms with van der Waals surface area (Å²) in [5.74, 6) is -0.546. The molecule has 2 aromatic rings. The Hall–Kier alpha value is -2.34. The van der Waals surface area contributed by atoms with Crippen LogP contribution in [0.25, 0.3) is 10.9 Å². The second-order valence-corrected chi connectivity index (χ2v) is 7.79. The standard InChI is InChI=1S/C21H27N3O3/c1-3-21(13-17(23-26)20(25)27-2)10-6-11-24-12-9-15-14-7-4-5-8-16(14)22-18(15)19(21)24/h4-5,7-8,19,22,26H,3,6,9-13H2,1-2H3/b23-17+/t19-,21+/m1/s1.